The minimum absolute atomic E-state index is 0.0137. The van der Waals surface area contributed by atoms with Crippen molar-refractivity contribution in [1.82, 2.24) is 15.1 Å². The molecule has 2 aromatic rings. The van der Waals surface area contributed by atoms with Crippen molar-refractivity contribution in [1.29, 1.82) is 0 Å². The van der Waals surface area contributed by atoms with Crippen LogP contribution in [0.1, 0.15) is 40.7 Å². The van der Waals surface area contributed by atoms with Crippen molar-refractivity contribution >= 4 is 23.5 Å². The number of anilines is 1. The Bertz CT molecular complexity index is 924. The van der Waals surface area contributed by atoms with Gasteiger partial charge in [-0.3, -0.25) is 9.59 Å². The van der Waals surface area contributed by atoms with Crippen LogP contribution in [0.15, 0.2) is 48.5 Å². The predicted octanol–water partition coefficient (Wildman–Crippen LogP) is 3.40. The van der Waals surface area contributed by atoms with Gasteiger partial charge in [-0.15, -0.1) is 0 Å². The minimum Gasteiger partial charge on any atom is -0.339 e. The van der Waals surface area contributed by atoms with Crippen LogP contribution in [0.25, 0.3) is 0 Å². The van der Waals surface area contributed by atoms with Gasteiger partial charge in [0.05, 0.1) is 0 Å². The van der Waals surface area contributed by atoms with E-state index in [0.29, 0.717) is 17.8 Å². The summed E-state index contributed by atoms with van der Waals surface area (Å²) in [5.74, 6) is -0.195. The van der Waals surface area contributed by atoms with E-state index < -0.39 is 0 Å². The molecule has 164 valence electrons. The standard InChI is InChI=1S/C24H30N4O3/c1-18-20(23(30)28-15-6-7-16-28)11-8-12-21(18)26-22(29)13-14-25-24(31)27(2)17-19-9-4-3-5-10-19/h3-5,8-12H,6-7,13-17H2,1-2H3,(H,25,31)(H,26,29). The molecule has 0 radical (unpaired) electrons. The maximum atomic E-state index is 12.7. The highest BCUT2D eigenvalue weighted by Crippen LogP contribution is 2.22. The van der Waals surface area contributed by atoms with Crippen LogP contribution in [0.3, 0.4) is 0 Å². The van der Waals surface area contributed by atoms with Crippen LogP contribution in [0.5, 0.6) is 0 Å². The summed E-state index contributed by atoms with van der Waals surface area (Å²) in [6.45, 7) is 4.14. The Morgan fingerprint density at radius 2 is 1.71 bits per heavy atom. The number of carbonyl (C=O) groups excluding carboxylic acids is 3. The fraction of sp³-hybridized carbons (Fsp3) is 0.375. The van der Waals surface area contributed by atoms with Gasteiger partial charge in [0.15, 0.2) is 0 Å². The van der Waals surface area contributed by atoms with Crippen molar-refractivity contribution in [3.8, 4) is 0 Å². The lowest BCUT2D eigenvalue weighted by Crippen LogP contribution is -2.38. The van der Waals surface area contributed by atoms with E-state index in [9.17, 15) is 14.4 Å². The Kier molecular flexibility index (Phi) is 7.65. The highest BCUT2D eigenvalue weighted by atomic mass is 16.2. The van der Waals surface area contributed by atoms with E-state index in [0.717, 1.165) is 37.1 Å². The molecular weight excluding hydrogens is 392 g/mol. The topological polar surface area (TPSA) is 81.8 Å². The zero-order valence-corrected chi connectivity index (χ0v) is 18.2. The molecule has 2 aromatic carbocycles. The van der Waals surface area contributed by atoms with E-state index in [1.54, 1.807) is 30.1 Å². The number of carbonyl (C=O) groups is 3. The fourth-order valence-electron chi connectivity index (χ4n) is 3.65. The van der Waals surface area contributed by atoms with Gasteiger partial charge in [-0.2, -0.15) is 0 Å². The number of nitrogens with one attached hydrogen (secondary N) is 2. The first-order valence-corrected chi connectivity index (χ1v) is 10.7. The van der Waals surface area contributed by atoms with E-state index in [1.807, 2.05) is 42.2 Å². The van der Waals surface area contributed by atoms with Crippen molar-refractivity contribution < 1.29 is 14.4 Å². The van der Waals surface area contributed by atoms with E-state index in [1.165, 1.54) is 0 Å². The van der Waals surface area contributed by atoms with Crippen LogP contribution in [-0.4, -0.2) is 54.3 Å². The molecule has 1 saturated heterocycles. The Morgan fingerprint density at radius 1 is 1.00 bits per heavy atom. The number of hydrogen-bond donors (Lipinski definition) is 2. The molecule has 1 aliphatic heterocycles. The summed E-state index contributed by atoms with van der Waals surface area (Å²) < 4.78 is 0. The largest absolute Gasteiger partial charge is 0.339 e. The van der Waals surface area contributed by atoms with E-state index in [2.05, 4.69) is 10.6 Å². The summed E-state index contributed by atoms with van der Waals surface area (Å²) in [4.78, 5) is 40.7. The lowest BCUT2D eigenvalue weighted by Gasteiger charge is -2.19. The van der Waals surface area contributed by atoms with Gasteiger partial charge in [0, 0.05) is 50.9 Å². The maximum absolute atomic E-state index is 12.7. The van der Waals surface area contributed by atoms with Gasteiger partial charge in [-0.25, -0.2) is 4.79 Å². The Hall–Kier alpha value is -3.35. The average molecular weight is 423 g/mol. The third-order valence-electron chi connectivity index (χ3n) is 5.47. The van der Waals surface area contributed by atoms with Crippen LogP contribution in [0.2, 0.25) is 0 Å². The predicted molar refractivity (Wildman–Crippen MR) is 121 cm³/mol. The number of hydrogen-bond acceptors (Lipinski definition) is 3. The Balaban J connectivity index is 1.48. The summed E-state index contributed by atoms with van der Waals surface area (Å²) in [5, 5.41) is 5.63. The normalized spacial score (nSPS) is 13.0. The molecule has 7 nitrogen and oxygen atoms in total. The maximum Gasteiger partial charge on any atom is 0.317 e. The molecule has 7 heteroatoms. The minimum atomic E-state index is -0.231. The van der Waals surface area contributed by atoms with Gasteiger partial charge < -0.3 is 20.4 Å². The van der Waals surface area contributed by atoms with Crippen LogP contribution in [-0.2, 0) is 11.3 Å². The molecule has 0 unspecified atom stereocenters. The first kappa shape index (κ1) is 22.3. The lowest BCUT2D eigenvalue weighted by atomic mass is 10.1. The molecule has 0 bridgehead atoms. The van der Waals surface area contributed by atoms with E-state index in [-0.39, 0.29) is 30.8 Å². The molecule has 1 heterocycles. The second-order valence-corrected chi connectivity index (χ2v) is 7.85. The first-order valence-electron chi connectivity index (χ1n) is 10.7. The molecular formula is C24H30N4O3. The molecule has 0 atom stereocenters. The Morgan fingerprint density at radius 3 is 2.42 bits per heavy atom. The third-order valence-corrected chi connectivity index (χ3v) is 5.47. The molecule has 4 amide bonds. The molecule has 1 fully saturated rings. The van der Waals surface area contributed by atoms with Crippen molar-refractivity contribution in [3.05, 3.63) is 65.2 Å². The number of amides is 4. The molecule has 1 aliphatic rings. The van der Waals surface area contributed by atoms with Crippen molar-refractivity contribution in [2.75, 3.05) is 32.0 Å². The van der Waals surface area contributed by atoms with Crippen LogP contribution in [0.4, 0.5) is 10.5 Å². The van der Waals surface area contributed by atoms with Gasteiger partial charge in [0.25, 0.3) is 5.91 Å². The molecule has 3 rings (SSSR count). The summed E-state index contributed by atoms with van der Waals surface area (Å²) in [7, 11) is 1.72. The summed E-state index contributed by atoms with van der Waals surface area (Å²) in [6, 6.07) is 14.9. The fourth-order valence-corrected chi connectivity index (χ4v) is 3.65. The first-order chi connectivity index (χ1) is 15.0. The molecule has 0 spiro atoms. The highest BCUT2D eigenvalue weighted by Gasteiger charge is 2.22. The zero-order valence-electron chi connectivity index (χ0n) is 18.2. The molecule has 0 aromatic heterocycles. The van der Waals surface area contributed by atoms with Crippen LogP contribution < -0.4 is 10.6 Å². The highest BCUT2D eigenvalue weighted by molar-refractivity contribution is 5.99. The summed E-state index contributed by atoms with van der Waals surface area (Å²) >= 11 is 0. The third kappa shape index (κ3) is 6.07. The monoisotopic (exact) mass is 422 g/mol. The van der Waals surface area contributed by atoms with E-state index in [4.69, 9.17) is 0 Å². The number of benzene rings is 2. The summed E-state index contributed by atoms with van der Waals surface area (Å²) in [5.41, 5.74) is 3.05. The second kappa shape index (κ2) is 10.6. The molecule has 0 saturated carbocycles. The van der Waals surface area contributed by atoms with Gasteiger partial charge >= 0.3 is 6.03 Å². The zero-order chi connectivity index (χ0) is 22.2. The quantitative estimate of drug-likeness (QED) is 0.718. The van der Waals surface area contributed by atoms with Gasteiger partial charge in [0.2, 0.25) is 5.91 Å². The SMILES string of the molecule is Cc1c(NC(=O)CCNC(=O)N(C)Cc2ccccc2)cccc1C(=O)N1CCCC1. The number of likely N-dealkylation sites (tertiary alicyclic amines) is 1. The van der Waals surface area contributed by atoms with Crippen molar-refractivity contribution in [3.63, 3.8) is 0 Å². The number of nitrogens with zero attached hydrogens (tertiary/aromatic N) is 2. The van der Waals surface area contributed by atoms with Gasteiger partial charge in [-0.05, 0) is 43.0 Å². The number of rotatable bonds is 7. The number of urea groups is 1. The smallest absolute Gasteiger partial charge is 0.317 e. The van der Waals surface area contributed by atoms with Crippen molar-refractivity contribution in [2.24, 2.45) is 0 Å². The summed E-state index contributed by atoms with van der Waals surface area (Å²) in [6.07, 6.45) is 2.22. The molecule has 2 N–H and O–H groups in total. The van der Waals surface area contributed by atoms with Crippen LogP contribution >= 0.6 is 0 Å². The van der Waals surface area contributed by atoms with E-state index >= 15 is 0 Å². The van der Waals surface area contributed by atoms with Crippen molar-refractivity contribution in [2.45, 2.75) is 32.7 Å². The lowest BCUT2D eigenvalue weighted by molar-refractivity contribution is -0.116. The average Bonchev–Trinajstić information content (AvgIpc) is 3.30. The molecule has 31 heavy (non-hydrogen) atoms. The van der Waals surface area contributed by atoms with Crippen LogP contribution in [0, 0.1) is 6.92 Å². The second-order valence-electron chi connectivity index (χ2n) is 7.85. The Labute approximate surface area is 183 Å². The van der Waals surface area contributed by atoms with Gasteiger partial charge in [0.1, 0.15) is 0 Å². The van der Waals surface area contributed by atoms with Gasteiger partial charge in [-0.1, -0.05) is 36.4 Å². The molecule has 0 aliphatic carbocycles.